The molecule has 8 heteroatoms. The molecular weight excluding hydrogens is 496 g/mol. The van der Waals surface area contributed by atoms with E-state index in [9.17, 15) is 24.6 Å². The Kier molecular flexibility index (Phi) is 8.91. The van der Waals surface area contributed by atoms with Crippen molar-refractivity contribution in [2.75, 3.05) is 0 Å². The number of esters is 1. The molecule has 0 aliphatic heterocycles. The lowest BCUT2D eigenvalue weighted by molar-refractivity contribution is -0.156. The number of benzene rings is 4. The number of aliphatic hydroxyl groups is 1. The second-order valence-electron chi connectivity index (χ2n) is 9.38. The minimum Gasteiger partial charge on any atom is -0.480 e. The number of carbonyl (C=O) groups is 3. The highest BCUT2D eigenvalue weighted by Crippen LogP contribution is 2.29. The van der Waals surface area contributed by atoms with Crippen LogP contribution in [-0.4, -0.2) is 40.3 Å². The topological polar surface area (TPSA) is 139 Å². The van der Waals surface area contributed by atoms with Crippen LogP contribution in [0, 0.1) is 0 Å². The van der Waals surface area contributed by atoms with Crippen molar-refractivity contribution in [3.63, 3.8) is 0 Å². The minimum absolute atomic E-state index is 0.0545. The molecule has 39 heavy (non-hydrogen) atoms. The maximum atomic E-state index is 12.8. The van der Waals surface area contributed by atoms with E-state index < -0.39 is 36.0 Å². The van der Waals surface area contributed by atoms with E-state index in [4.69, 9.17) is 10.5 Å². The lowest BCUT2D eigenvalue weighted by atomic mass is 9.85. The molecule has 2 amide bonds. The molecule has 0 spiro atoms. The van der Waals surface area contributed by atoms with Crippen molar-refractivity contribution in [1.82, 2.24) is 5.32 Å². The number of carboxylic acid groups (broad SMARTS) is 1. The van der Waals surface area contributed by atoms with Crippen LogP contribution in [0.4, 0.5) is 4.79 Å². The first-order valence-electron chi connectivity index (χ1n) is 12.5. The quantitative estimate of drug-likeness (QED) is 0.217. The first-order valence-corrected chi connectivity index (χ1v) is 12.5. The molecule has 0 saturated heterocycles. The Bertz CT molecular complexity index is 1460. The second-order valence-corrected chi connectivity index (χ2v) is 9.38. The van der Waals surface area contributed by atoms with Gasteiger partial charge in [0.2, 0.25) is 0 Å². The van der Waals surface area contributed by atoms with E-state index >= 15 is 0 Å². The highest BCUT2D eigenvalue weighted by molar-refractivity contribution is 5.85. The molecule has 0 aromatic heterocycles. The van der Waals surface area contributed by atoms with E-state index in [2.05, 4.69) is 5.32 Å². The fourth-order valence-corrected chi connectivity index (χ4v) is 4.64. The molecule has 0 saturated carbocycles. The normalized spacial score (nSPS) is 13.3. The Hall–Kier alpha value is -4.69. The number of fused-ring (bicyclic) bond motifs is 1. The molecule has 0 bridgehead atoms. The Labute approximate surface area is 226 Å². The van der Waals surface area contributed by atoms with Crippen molar-refractivity contribution in [3.8, 4) is 0 Å². The molecule has 4 aromatic rings. The van der Waals surface area contributed by atoms with Gasteiger partial charge in [-0.05, 0) is 45.9 Å². The van der Waals surface area contributed by atoms with E-state index in [-0.39, 0.29) is 13.0 Å². The Morgan fingerprint density at radius 2 is 1.46 bits per heavy atom. The number of amides is 2. The van der Waals surface area contributed by atoms with Gasteiger partial charge in [0, 0.05) is 5.92 Å². The summed E-state index contributed by atoms with van der Waals surface area (Å²) in [5.74, 6) is -3.20. The predicted octanol–water partition coefficient (Wildman–Crippen LogP) is 4.13. The van der Waals surface area contributed by atoms with Crippen LogP contribution in [0.1, 0.15) is 34.6 Å². The third kappa shape index (κ3) is 7.43. The Morgan fingerprint density at radius 1 is 0.795 bits per heavy atom. The number of aliphatic hydroxyl groups excluding tert-OH is 1. The number of ether oxygens (including phenoxy) is 1. The zero-order valence-electron chi connectivity index (χ0n) is 21.2. The molecule has 0 fully saturated rings. The number of aliphatic carboxylic acids is 1. The van der Waals surface area contributed by atoms with Gasteiger partial charge in [-0.2, -0.15) is 0 Å². The largest absolute Gasteiger partial charge is 0.480 e. The molecule has 4 rings (SSSR count). The monoisotopic (exact) mass is 526 g/mol. The zero-order chi connectivity index (χ0) is 27.8. The molecule has 3 unspecified atom stereocenters. The third-order valence-electron chi connectivity index (χ3n) is 6.54. The number of carboxylic acids is 1. The fourth-order valence-electron chi connectivity index (χ4n) is 4.64. The zero-order valence-corrected chi connectivity index (χ0v) is 21.2. The number of urea groups is 1. The average Bonchev–Trinajstić information content (AvgIpc) is 2.93. The van der Waals surface area contributed by atoms with Crippen LogP contribution >= 0.6 is 0 Å². The molecule has 0 heterocycles. The van der Waals surface area contributed by atoms with Crippen LogP contribution in [0.15, 0.2) is 97.1 Å². The van der Waals surface area contributed by atoms with E-state index in [1.807, 2.05) is 84.9 Å². The lowest BCUT2D eigenvalue weighted by Gasteiger charge is -2.26. The van der Waals surface area contributed by atoms with Gasteiger partial charge >= 0.3 is 18.0 Å². The van der Waals surface area contributed by atoms with Gasteiger partial charge in [-0.3, -0.25) is 0 Å². The van der Waals surface area contributed by atoms with Gasteiger partial charge in [0.15, 0.2) is 6.10 Å². The number of nitrogens with one attached hydrogen (secondary N) is 1. The summed E-state index contributed by atoms with van der Waals surface area (Å²) in [6.45, 7) is -0.0545. The van der Waals surface area contributed by atoms with Crippen LogP contribution < -0.4 is 11.1 Å². The second kappa shape index (κ2) is 12.7. The van der Waals surface area contributed by atoms with Crippen molar-refractivity contribution < 1.29 is 29.3 Å². The molecule has 0 radical (unpaired) electrons. The number of hydrogen-bond acceptors (Lipinski definition) is 5. The van der Waals surface area contributed by atoms with Crippen molar-refractivity contribution in [3.05, 3.63) is 119 Å². The van der Waals surface area contributed by atoms with E-state index in [0.717, 1.165) is 33.9 Å². The molecule has 8 nitrogen and oxygen atoms in total. The van der Waals surface area contributed by atoms with Crippen molar-refractivity contribution >= 4 is 28.7 Å². The molecular formula is C31H30N2O6. The van der Waals surface area contributed by atoms with Crippen LogP contribution in [0.25, 0.3) is 10.8 Å². The molecule has 3 atom stereocenters. The van der Waals surface area contributed by atoms with Crippen molar-refractivity contribution in [2.24, 2.45) is 5.73 Å². The van der Waals surface area contributed by atoms with E-state index in [1.165, 1.54) is 0 Å². The van der Waals surface area contributed by atoms with Gasteiger partial charge < -0.3 is 26.0 Å². The number of hydrogen-bond donors (Lipinski definition) is 4. The van der Waals surface area contributed by atoms with Crippen LogP contribution in [0.5, 0.6) is 0 Å². The molecule has 4 aromatic carbocycles. The highest BCUT2D eigenvalue weighted by Gasteiger charge is 2.34. The maximum absolute atomic E-state index is 12.8. The highest BCUT2D eigenvalue weighted by atomic mass is 16.5. The third-order valence-corrected chi connectivity index (χ3v) is 6.54. The van der Waals surface area contributed by atoms with Crippen molar-refractivity contribution in [2.45, 2.75) is 37.5 Å². The number of carbonyl (C=O) groups excluding carboxylic acids is 2. The van der Waals surface area contributed by atoms with E-state index in [0.29, 0.717) is 5.56 Å². The van der Waals surface area contributed by atoms with E-state index in [1.54, 1.807) is 12.1 Å². The van der Waals surface area contributed by atoms with Crippen molar-refractivity contribution in [1.29, 1.82) is 0 Å². The van der Waals surface area contributed by atoms with Gasteiger partial charge in [-0.1, -0.05) is 97.1 Å². The van der Waals surface area contributed by atoms with Crippen LogP contribution in [-0.2, 0) is 27.4 Å². The van der Waals surface area contributed by atoms with Gasteiger partial charge in [-0.25, -0.2) is 14.4 Å². The summed E-state index contributed by atoms with van der Waals surface area (Å²) in [5, 5.41) is 24.6. The SMILES string of the molecule is NC(=O)NC(C(=O)O)C(CC(O)C(=O)OCc1cccc(Cc2ccccc2)c1)c1ccc2ccccc2c1. The van der Waals surface area contributed by atoms with Gasteiger partial charge in [0.25, 0.3) is 0 Å². The minimum atomic E-state index is -1.63. The average molecular weight is 527 g/mol. The predicted molar refractivity (Wildman–Crippen MR) is 147 cm³/mol. The number of nitrogens with two attached hydrogens (primary N) is 1. The molecule has 0 aliphatic rings. The standard InChI is InChI=1S/C31H30N2O6/c32-31(38)33-28(29(35)36)26(25-14-13-23-11-4-5-12-24(23)17-25)18-27(34)30(37)39-19-22-10-6-9-21(16-22)15-20-7-2-1-3-8-20/h1-14,16-17,26-28,34H,15,18-19H2,(H,35,36)(H3,32,33,38). The molecule has 0 aliphatic carbocycles. The molecule has 5 N–H and O–H groups in total. The summed E-state index contributed by atoms with van der Waals surface area (Å²) in [6, 6.07) is 27.9. The molecule has 200 valence electrons. The number of rotatable bonds is 11. The van der Waals surface area contributed by atoms with Crippen LogP contribution in [0.3, 0.4) is 0 Å². The smallest absolute Gasteiger partial charge is 0.335 e. The summed E-state index contributed by atoms with van der Waals surface area (Å²) >= 11 is 0. The maximum Gasteiger partial charge on any atom is 0.335 e. The summed E-state index contributed by atoms with van der Waals surface area (Å²) in [5.41, 5.74) is 8.72. The van der Waals surface area contributed by atoms with Gasteiger partial charge in [-0.15, -0.1) is 0 Å². The number of primary amides is 1. The first-order chi connectivity index (χ1) is 18.8. The Balaban J connectivity index is 1.48. The fraction of sp³-hybridized carbons (Fsp3) is 0.194. The summed E-state index contributed by atoms with van der Waals surface area (Å²) < 4.78 is 5.37. The summed E-state index contributed by atoms with van der Waals surface area (Å²) in [4.78, 5) is 36.4. The van der Waals surface area contributed by atoms with Gasteiger partial charge in [0.1, 0.15) is 12.6 Å². The summed E-state index contributed by atoms with van der Waals surface area (Å²) in [6.07, 6.45) is -1.21. The van der Waals surface area contributed by atoms with Gasteiger partial charge in [0.05, 0.1) is 0 Å². The first kappa shape index (κ1) is 27.3. The van der Waals surface area contributed by atoms with Crippen LogP contribution in [0.2, 0.25) is 0 Å². The summed E-state index contributed by atoms with van der Waals surface area (Å²) in [7, 11) is 0. The Morgan fingerprint density at radius 3 is 2.18 bits per heavy atom. The lowest BCUT2D eigenvalue weighted by Crippen LogP contribution is -2.48.